The van der Waals surface area contributed by atoms with Crippen molar-refractivity contribution in [3.05, 3.63) is 53.6 Å². The molecule has 2 aromatic rings. The minimum Gasteiger partial charge on any atom is -0.381 e. The number of aryl methyl sites for hydroxylation is 1. The minimum absolute atomic E-state index is 0.190. The second kappa shape index (κ2) is 8.27. The van der Waals surface area contributed by atoms with Crippen molar-refractivity contribution in [2.24, 2.45) is 11.7 Å². The van der Waals surface area contributed by atoms with Gasteiger partial charge < -0.3 is 20.4 Å². The summed E-state index contributed by atoms with van der Waals surface area (Å²) in [6.07, 6.45) is 5.98. The molecule has 0 spiro atoms. The number of nitrogens with zero attached hydrogens (tertiary/aromatic N) is 2. The van der Waals surface area contributed by atoms with E-state index in [1.165, 1.54) is 0 Å². The van der Waals surface area contributed by atoms with E-state index in [1.807, 2.05) is 24.5 Å². The average Bonchev–Trinajstić information content (AvgIpc) is 3.12. The zero-order valence-corrected chi connectivity index (χ0v) is 14.6. The smallest absolute Gasteiger partial charge is 0.248 e. The largest absolute Gasteiger partial charge is 0.381 e. The van der Waals surface area contributed by atoms with Gasteiger partial charge in [-0.05, 0) is 43.4 Å². The highest BCUT2D eigenvalue weighted by Gasteiger charge is 2.28. The number of aromatic nitrogens is 2. The van der Waals surface area contributed by atoms with Gasteiger partial charge in [0.25, 0.3) is 0 Å². The van der Waals surface area contributed by atoms with Crippen LogP contribution in [0.25, 0.3) is 0 Å². The third-order valence-electron chi connectivity index (χ3n) is 4.87. The molecule has 134 valence electrons. The van der Waals surface area contributed by atoms with Crippen LogP contribution in [0.5, 0.6) is 0 Å². The van der Waals surface area contributed by atoms with E-state index in [9.17, 15) is 4.79 Å². The first kappa shape index (κ1) is 17.6. The molecule has 25 heavy (non-hydrogen) atoms. The standard InChI is InChI=1S/C19H26N4O2/c1-2-23-10-9-21-19(23)17(15-7-11-25-12-8-15)22-13-14-3-5-16(6-4-14)18(20)24/h3-6,9-10,15,17,22H,2,7-8,11-13H2,1H3,(H2,20,24)/t17-/m0/s1. The number of hydrogen-bond donors (Lipinski definition) is 2. The molecule has 1 aliphatic rings. The summed E-state index contributed by atoms with van der Waals surface area (Å²) in [7, 11) is 0. The number of benzene rings is 1. The van der Waals surface area contributed by atoms with E-state index >= 15 is 0 Å². The maximum atomic E-state index is 11.2. The second-order valence-electron chi connectivity index (χ2n) is 6.44. The van der Waals surface area contributed by atoms with E-state index in [-0.39, 0.29) is 6.04 Å². The lowest BCUT2D eigenvalue weighted by atomic mass is 9.90. The maximum absolute atomic E-state index is 11.2. The van der Waals surface area contributed by atoms with Crippen LogP contribution in [0.1, 0.15) is 47.6 Å². The van der Waals surface area contributed by atoms with Gasteiger partial charge in [-0.25, -0.2) is 4.98 Å². The molecule has 2 heterocycles. The Kier molecular flexibility index (Phi) is 5.83. The fourth-order valence-corrected chi connectivity index (χ4v) is 3.40. The first-order chi connectivity index (χ1) is 12.2. The molecule has 1 saturated heterocycles. The molecule has 1 fully saturated rings. The number of nitrogens with one attached hydrogen (secondary N) is 1. The van der Waals surface area contributed by atoms with Gasteiger partial charge in [-0.2, -0.15) is 0 Å². The van der Waals surface area contributed by atoms with Crippen LogP contribution in [0.15, 0.2) is 36.7 Å². The number of amides is 1. The Bertz CT molecular complexity index is 690. The number of primary amides is 1. The Balaban J connectivity index is 1.74. The lowest BCUT2D eigenvalue weighted by Gasteiger charge is -2.31. The highest BCUT2D eigenvalue weighted by atomic mass is 16.5. The van der Waals surface area contributed by atoms with E-state index in [0.717, 1.165) is 50.5 Å². The van der Waals surface area contributed by atoms with Gasteiger partial charge in [-0.1, -0.05) is 12.1 Å². The van der Waals surface area contributed by atoms with Crippen LogP contribution in [0.3, 0.4) is 0 Å². The van der Waals surface area contributed by atoms with Crippen LogP contribution >= 0.6 is 0 Å². The molecule has 1 amide bonds. The molecule has 0 aliphatic carbocycles. The van der Waals surface area contributed by atoms with Gasteiger partial charge in [0.05, 0.1) is 6.04 Å². The number of ether oxygens (including phenoxy) is 1. The van der Waals surface area contributed by atoms with Gasteiger partial charge in [0, 0.05) is 44.3 Å². The molecule has 6 heteroatoms. The molecule has 3 rings (SSSR count). The van der Waals surface area contributed by atoms with Crippen molar-refractivity contribution in [3.63, 3.8) is 0 Å². The lowest BCUT2D eigenvalue weighted by molar-refractivity contribution is 0.0517. The van der Waals surface area contributed by atoms with E-state index in [0.29, 0.717) is 11.5 Å². The van der Waals surface area contributed by atoms with Crippen LogP contribution in [0.4, 0.5) is 0 Å². The monoisotopic (exact) mass is 342 g/mol. The molecule has 3 N–H and O–H groups in total. The van der Waals surface area contributed by atoms with Gasteiger partial charge in [0.1, 0.15) is 5.82 Å². The summed E-state index contributed by atoms with van der Waals surface area (Å²) in [5.41, 5.74) is 6.96. The predicted molar refractivity (Wildman–Crippen MR) is 96.0 cm³/mol. The van der Waals surface area contributed by atoms with Gasteiger partial charge >= 0.3 is 0 Å². The summed E-state index contributed by atoms with van der Waals surface area (Å²) >= 11 is 0. The summed E-state index contributed by atoms with van der Waals surface area (Å²) in [5.74, 6) is 1.19. The van der Waals surface area contributed by atoms with Crippen molar-refractivity contribution in [1.29, 1.82) is 0 Å². The molecular formula is C19H26N4O2. The summed E-state index contributed by atoms with van der Waals surface area (Å²) in [4.78, 5) is 15.8. The maximum Gasteiger partial charge on any atom is 0.248 e. The number of imidazole rings is 1. The van der Waals surface area contributed by atoms with Crippen LogP contribution in [0.2, 0.25) is 0 Å². The van der Waals surface area contributed by atoms with Crippen molar-refractivity contribution in [2.75, 3.05) is 13.2 Å². The predicted octanol–water partition coefficient (Wildman–Crippen LogP) is 2.26. The molecular weight excluding hydrogens is 316 g/mol. The summed E-state index contributed by atoms with van der Waals surface area (Å²) in [6, 6.07) is 7.63. The third kappa shape index (κ3) is 4.27. The summed E-state index contributed by atoms with van der Waals surface area (Å²) < 4.78 is 7.72. The molecule has 0 bridgehead atoms. The van der Waals surface area contributed by atoms with Crippen molar-refractivity contribution in [1.82, 2.24) is 14.9 Å². The second-order valence-corrected chi connectivity index (χ2v) is 6.44. The number of hydrogen-bond acceptors (Lipinski definition) is 4. The van der Waals surface area contributed by atoms with Crippen molar-refractivity contribution in [3.8, 4) is 0 Å². The highest BCUT2D eigenvalue weighted by Crippen LogP contribution is 2.29. The Morgan fingerprint density at radius 2 is 2.08 bits per heavy atom. The fourth-order valence-electron chi connectivity index (χ4n) is 3.40. The first-order valence-corrected chi connectivity index (χ1v) is 8.90. The SMILES string of the molecule is CCn1ccnc1[C@@H](NCc1ccc(C(N)=O)cc1)C1CCOCC1. The van der Waals surface area contributed by atoms with Gasteiger partial charge in [0.2, 0.25) is 5.91 Å². The Morgan fingerprint density at radius 3 is 2.72 bits per heavy atom. The van der Waals surface area contributed by atoms with Gasteiger partial charge in [0.15, 0.2) is 0 Å². The van der Waals surface area contributed by atoms with E-state index in [1.54, 1.807) is 12.1 Å². The van der Waals surface area contributed by atoms with Gasteiger partial charge in [-0.15, -0.1) is 0 Å². The topological polar surface area (TPSA) is 82.2 Å². The average molecular weight is 342 g/mol. The van der Waals surface area contributed by atoms with Crippen molar-refractivity contribution in [2.45, 2.75) is 38.9 Å². The van der Waals surface area contributed by atoms with E-state index < -0.39 is 5.91 Å². The molecule has 6 nitrogen and oxygen atoms in total. The van der Waals surface area contributed by atoms with Crippen LogP contribution in [-0.4, -0.2) is 28.7 Å². The summed E-state index contributed by atoms with van der Waals surface area (Å²) in [5, 5.41) is 3.68. The zero-order chi connectivity index (χ0) is 17.6. The number of carbonyl (C=O) groups excluding carboxylic acids is 1. The molecule has 0 unspecified atom stereocenters. The molecule has 1 aromatic carbocycles. The fraction of sp³-hybridized carbons (Fsp3) is 0.474. The highest BCUT2D eigenvalue weighted by molar-refractivity contribution is 5.92. The van der Waals surface area contributed by atoms with E-state index in [2.05, 4.69) is 21.8 Å². The molecule has 1 atom stereocenters. The lowest BCUT2D eigenvalue weighted by Crippen LogP contribution is -2.34. The zero-order valence-electron chi connectivity index (χ0n) is 14.6. The van der Waals surface area contributed by atoms with Crippen molar-refractivity contribution >= 4 is 5.91 Å². The number of rotatable bonds is 7. The third-order valence-corrected chi connectivity index (χ3v) is 4.87. The Labute approximate surface area is 148 Å². The minimum atomic E-state index is -0.399. The Morgan fingerprint density at radius 1 is 1.36 bits per heavy atom. The van der Waals surface area contributed by atoms with Gasteiger partial charge in [-0.3, -0.25) is 4.79 Å². The number of carbonyl (C=O) groups is 1. The van der Waals surface area contributed by atoms with Crippen molar-refractivity contribution < 1.29 is 9.53 Å². The molecule has 1 aromatic heterocycles. The molecule has 0 radical (unpaired) electrons. The first-order valence-electron chi connectivity index (χ1n) is 8.90. The van der Waals surface area contributed by atoms with Crippen LogP contribution in [-0.2, 0) is 17.8 Å². The summed E-state index contributed by atoms with van der Waals surface area (Å²) in [6.45, 7) is 5.38. The van der Waals surface area contributed by atoms with Crippen LogP contribution < -0.4 is 11.1 Å². The normalized spacial score (nSPS) is 16.7. The molecule has 0 saturated carbocycles. The Hall–Kier alpha value is -2.18. The molecule has 1 aliphatic heterocycles. The quantitative estimate of drug-likeness (QED) is 0.808. The number of nitrogens with two attached hydrogens (primary N) is 1. The van der Waals surface area contributed by atoms with E-state index in [4.69, 9.17) is 10.5 Å². The van der Waals surface area contributed by atoms with Crippen LogP contribution in [0, 0.1) is 5.92 Å².